The number of amides is 2. The molecule has 2 heterocycles. The van der Waals surface area contributed by atoms with Gasteiger partial charge in [-0.25, -0.2) is 9.69 Å². The van der Waals surface area contributed by atoms with Gasteiger partial charge in [-0.2, -0.15) is 0 Å². The summed E-state index contributed by atoms with van der Waals surface area (Å²) in [5.41, 5.74) is 2.06. The molecular formula is C21H17NO6. The van der Waals surface area contributed by atoms with Crippen molar-refractivity contribution in [3.05, 3.63) is 51.4 Å². The Morgan fingerprint density at radius 1 is 1.18 bits per heavy atom. The van der Waals surface area contributed by atoms with Crippen molar-refractivity contribution in [3.63, 3.8) is 0 Å². The lowest BCUT2D eigenvalue weighted by molar-refractivity contribution is -0.131. The molecule has 0 spiro atoms. The number of anilines is 1. The summed E-state index contributed by atoms with van der Waals surface area (Å²) in [6.45, 7) is 0.241. The highest BCUT2D eigenvalue weighted by molar-refractivity contribution is 6.31. The normalized spacial score (nSPS) is 23.9. The van der Waals surface area contributed by atoms with E-state index in [-0.39, 0.29) is 36.2 Å². The van der Waals surface area contributed by atoms with Crippen LogP contribution in [-0.2, 0) is 25.7 Å². The van der Waals surface area contributed by atoms with Gasteiger partial charge in [-0.3, -0.25) is 14.4 Å². The predicted octanol–water partition coefficient (Wildman–Crippen LogP) is 2.11. The number of allylic oxidation sites excluding steroid dienone is 1. The molecule has 142 valence electrons. The summed E-state index contributed by atoms with van der Waals surface area (Å²) in [6.07, 6.45) is 1.60. The van der Waals surface area contributed by atoms with E-state index < -0.39 is 17.5 Å². The number of hydrogen-bond acceptors (Lipinski definition) is 6. The lowest BCUT2D eigenvalue weighted by Crippen LogP contribution is -2.38. The molecule has 2 unspecified atom stereocenters. The van der Waals surface area contributed by atoms with Gasteiger partial charge in [0.1, 0.15) is 11.4 Å². The number of ether oxygens (including phenoxy) is 1. The van der Waals surface area contributed by atoms with Crippen molar-refractivity contribution in [2.75, 3.05) is 12.0 Å². The molecule has 7 nitrogen and oxygen atoms in total. The maximum absolute atomic E-state index is 13.1. The number of carbonyl (C=O) groups is 3. The Labute approximate surface area is 159 Å². The minimum atomic E-state index is -0.667. The molecule has 2 amide bonds. The topological polar surface area (TPSA) is 93.9 Å². The number of methoxy groups -OCH3 is 1. The Morgan fingerprint density at radius 3 is 2.75 bits per heavy atom. The van der Waals surface area contributed by atoms with Crippen LogP contribution in [-0.4, -0.2) is 24.7 Å². The van der Waals surface area contributed by atoms with E-state index in [2.05, 4.69) is 0 Å². The van der Waals surface area contributed by atoms with E-state index in [0.29, 0.717) is 35.1 Å². The number of rotatable bonds is 3. The molecule has 1 aromatic heterocycles. The second-order valence-electron chi connectivity index (χ2n) is 7.47. The molecule has 28 heavy (non-hydrogen) atoms. The number of imide groups is 1. The van der Waals surface area contributed by atoms with Gasteiger partial charge in [-0.15, -0.1) is 0 Å². The standard InChI is InChI=1S/C21H17NO6/c1-27-9-11-7-17(24)28-16-8-12(3-5-13(11)16)22-20(25)18-10-2-4-14(15(23)6-10)19(18)21(22)26/h3,5,7-8,14,19H,2,4,6,9H2,1H3. The first kappa shape index (κ1) is 17.1. The summed E-state index contributed by atoms with van der Waals surface area (Å²) in [5, 5.41) is 0.680. The van der Waals surface area contributed by atoms with E-state index in [4.69, 9.17) is 9.15 Å². The summed E-state index contributed by atoms with van der Waals surface area (Å²) in [4.78, 5) is 51.3. The van der Waals surface area contributed by atoms with Gasteiger partial charge in [0.25, 0.3) is 5.91 Å². The summed E-state index contributed by atoms with van der Waals surface area (Å²) >= 11 is 0. The van der Waals surface area contributed by atoms with Gasteiger partial charge < -0.3 is 9.15 Å². The van der Waals surface area contributed by atoms with Gasteiger partial charge in [0.15, 0.2) is 0 Å². The third kappa shape index (κ3) is 2.26. The van der Waals surface area contributed by atoms with Crippen LogP contribution in [0.4, 0.5) is 5.69 Å². The molecule has 1 saturated carbocycles. The largest absolute Gasteiger partial charge is 0.423 e. The lowest BCUT2D eigenvalue weighted by atomic mass is 9.67. The molecule has 6 rings (SSSR count). The minimum absolute atomic E-state index is 0.0479. The summed E-state index contributed by atoms with van der Waals surface area (Å²) in [7, 11) is 1.53. The Morgan fingerprint density at radius 2 is 2.00 bits per heavy atom. The molecule has 2 atom stereocenters. The summed E-state index contributed by atoms with van der Waals surface area (Å²) in [6, 6.07) is 6.26. The first-order valence-corrected chi connectivity index (χ1v) is 9.18. The van der Waals surface area contributed by atoms with Crippen LogP contribution in [0.25, 0.3) is 11.0 Å². The van der Waals surface area contributed by atoms with Crippen molar-refractivity contribution in [2.24, 2.45) is 11.8 Å². The van der Waals surface area contributed by atoms with E-state index in [1.54, 1.807) is 12.1 Å². The van der Waals surface area contributed by atoms with Gasteiger partial charge in [-0.1, -0.05) is 5.57 Å². The zero-order chi connectivity index (χ0) is 19.6. The number of ketones is 1. The van der Waals surface area contributed by atoms with Crippen LogP contribution >= 0.6 is 0 Å². The molecule has 7 heteroatoms. The van der Waals surface area contributed by atoms with Gasteiger partial charge in [-0.05, 0) is 30.5 Å². The van der Waals surface area contributed by atoms with E-state index in [1.807, 2.05) is 0 Å². The van der Waals surface area contributed by atoms with Crippen LogP contribution < -0.4 is 10.5 Å². The highest BCUT2D eigenvalue weighted by Crippen LogP contribution is 2.48. The van der Waals surface area contributed by atoms with Crippen LogP contribution in [0.1, 0.15) is 24.8 Å². The SMILES string of the molecule is COCc1cc(=O)oc2cc(N3C(=O)C4=C5CCC(C(=O)C5)C4C3=O)ccc12. The monoisotopic (exact) mass is 379 g/mol. The fourth-order valence-corrected chi connectivity index (χ4v) is 4.74. The van der Waals surface area contributed by atoms with E-state index in [1.165, 1.54) is 19.2 Å². The molecule has 2 fully saturated rings. The third-order valence-corrected chi connectivity index (χ3v) is 5.94. The van der Waals surface area contributed by atoms with E-state index in [0.717, 1.165) is 10.5 Å². The number of nitrogens with zero attached hydrogens (tertiary/aromatic N) is 1. The van der Waals surface area contributed by atoms with Crippen LogP contribution in [0.15, 0.2) is 44.6 Å². The highest BCUT2D eigenvalue weighted by Gasteiger charge is 2.55. The smallest absolute Gasteiger partial charge is 0.336 e. The molecule has 2 aromatic rings. The third-order valence-electron chi connectivity index (χ3n) is 5.94. The maximum Gasteiger partial charge on any atom is 0.336 e. The van der Waals surface area contributed by atoms with Crippen molar-refractivity contribution in [3.8, 4) is 0 Å². The van der Waals surface area contributed by atoms with Crippen molar-refractivity contribution < 1.29 is 23.5 Å². The first-order chi connectivity index (χ1) is 13.5. The van der Waals surface area contributed by atoms with E-state index >= 15 is 0 Å². The average Bonchev–Trinajstić information content (AvgIpc) is 2.94. The van der Waals surface area contributed by atoms with Crippen molar-refractivity contribution >= 4 is 34.3 Å². The number of carbonyl (C=O) groups excluding carboxylic acids is 3. The van der Waals surface area contributed by atoms with E-state index in [9.17, 15) is 19.2 Å². The Bertz CT molecular complexity index is 1160. The quantitative estimate of drug-likeness (QED) is 0.599. The second kappa shape index (κ2) is 5.97. The van der Waals surface area contributed by atoms with Gasteiger partial charge in [0.2, 0.25) is 5.91 Å². The second-order valence-corrected chi connectivity index (χ2v) is 7.47. The molecule has 4 aliphatic rings. The van der Waals surface area contributed by atoms with Crippen LogP contribution in [0, 0.1) is 11.8 Å². The van der Waals surface area contributed by atoms with Crippen molar-refractivity contribution in [2.45, 2.75) is 25.9 Å². The number of fused-ring (bicyclic) bond motifs is 3. The molecular weight excluding hydrogens is 362 g/mol. The fraction of sp³-hybridized carbons (Fsp3) is 0.333. The predicted molar refractivity (Wildman–Crippen MR) is 98.6 cm³/mol. The Kier molecular flexibility index (Phi) is 3.64. The number of Topliss-reactive ketones (excluding diaryl/α,β-unsaturated/α-hetero) is 1. The zero-order valence-corrected chi connectivity index (χ0v) is 15.2. The molecule has 1 saturated heterocycles. The summed E-state index contributed by atoms with van der Waals surface area (Å²) < 4.78 is 10.4. The first-order valence-electron chi connectivity index (χ1n) is 9.18. The molecule has 1 aromatic carbocycles. The zero-order valence-electron chi connectivity index (χ0n) is 15.2. The van der Waals surface area contributed by atoms with Crippen molar-refractivity contribution in [1.29, 1.82) is 0 Å². The van der Waals surface area contributed by atoms with Gasteiger partial charge in [0, 0.05) is 42.5 Å². The highest BCUT2D eigenvalue weighted by atomic mass is 16.5. The Hall–Kier alpha value is -3.06. The van der Waals surface area contributed by atoms with Crippen LogP contribution in [0.3, 0.4) is 0 Å². The lowest BCUT2D eigenvalue weighted by Gasteiger charge is -2.33. The molecule has 3 aliphatic carbocycles. The average molecular weight is 379 g/mol. The number of benzene rings is 1. The molecule has 0 N–H and O–H groups in total. The van der Waals surface area contributed by atoms with Crippen LogP contribution in [0.5, 0.6) is 0 Å². The maximum atomic E-state index is 13.1. The number of hydrogen-bond donors (Lipinski definition) is 0. The van der Waals surface area contributed by atoms with Crippen molar-refractivity contribution in [1.82, 2.24) is 0 Å². The van der Waals surface area contributed by atoms with Gasteiger partial charge >= 0.3 is 5.63 Å². The Balaban J connectivity index is 1.62. The molecule has 0 radical (unpaired) electrons. The fourth-order valence-electron chi connectivity index (χ4n) is 4.74. The molecule has 2 bridgehead atoms. The van der Waals surface area contributed by atoms with Gasteiger partial charge in [0.05, 0.1) is 18.2 Å². The minimum Gasteiger partial charge on any atom is -0.423 e. The molecule has 1 aliphatic heterocycles. The summed E-state index contributed by atoms with van der Waals surface area (Å²) in [5.74, 6) is -1.76. The van der Waals surface area contributed by atoms with Crippen LogP contribution in [0.2, 0.25) is 0 Å².